The highest BCUT2D eigenvalue weighted by molar-refractivity contribution is 5.59. The standard InChI is InChI=1S/C13H15N3/c1-10-7-16(8-11-6-14-9-15-11)13-5-3-2-4-12(10)13/h2-6,9-10H,7-8H2,1H3,(H,14,15)/t10-/m1/s1. The lowest BCUT2D eigenvalue weighted by molar-refractivity contribution is 0.739. The topological polar surface area (TPSA) is 31.9 Å². The summed E-state index contributed by atoms with van der Waals surface area (Å²) in [5.74, 6) is 0.621. The number of H-pyrrole nitrogens is 1. The van der Waals surface area contributed by atoms with Gasteiger partial charge in [0, 0.05) is 24.3 Å². The quantitative estimate of drug-likeness (QED) is 0.831. The van der Waals surface area contributed by atoms with Gasteiger partial charge in [0.2, 0.25) is 0 Å². The van der Waals surface area contributed by atoms with Gasteiger partial charge in [0.25, 0.3) is 0 Å². The second kappa shape index (κ2) is 3.67. The van der Waals surface area contributed by atoms with Crippen LogP contribution in [0, 0.1) is 0 Å². The molecule has 0 spiro atoms. The third kappa shape index (κ3) is 1.48. The number of nitrogens with one attached hydrogen (secondary N) is 1. The third-order valence-electron chi connectivity index (χ3n) is 3.21. The van der Waals surface area contributed by atoms with E-state index < -0.39 is 0 Å². The lowest BCUT2D eigenvalue weighted by atomic mass is 10.0. The van der Waals surface area contributed by atoms with Gasteiger partial charge in [-0.15, -0.1) is 0 Å². The molecule has 3 heteroatoms. The molecule has 82 valence electrons. The normalized spacial score (nSPS) is 18.8. The number of benzene rings is 1. The molecule has 1 aliphatic heterocycles. The molecule has 3 rings (SSSR count). The van der Waals surface area contributed by atoms with E-state index in [2.05, 4.69) is 46.1 Å². The fraction of sp³-hybridized carbons (Fsp3) is 0.308. The van der Waals surface area contributed by atoms with Crippen LogP contribution in [0.15, 0.2) is 36.8 Å². The Balaban J connectivity index is 1.89. The van der Waals surface area contributed by atoms with E-state index >= 15 is 0 Å². The van der Waals surface area contributed by atoms with Crippen molar-refractivity contribution in [1.29, 1.82) is 0 Å². The number of para-hydroxylation sites is 1. The van der Waals surface area contributed by atoms with E-state index in [4.69, 9.17) is 0 Å². The summed E-state index contributed by atoms with van der Waals surface area (Å²) in [5.41, 5.74) is 3.92. The van der Waals surface area contributed by atoms with Crippen LogP contribution in [0.25, 0.3) is 0 Å². The Kier molecular flexibility index (Phi) is 2.17. The number of rotatable bonds is 2. The molecule has 1 aromatic carbocycles. The summed E-state index contributed by atoms with van der Waals surface area (Å²) in [6.07, 6.45) is 3.70. The van der Waals surface area contributed by atoms with Gasteiger partial charge in [-0.3, -0.25) is 0 Å². The van der Waals surface area contributed by atoms with E-state index in [9.17, 15) is 0 Å². The van der Waals surface area contributed by atoms with Crippen molar-refractivity contribution in [1.82, 2.24) is 9.97 Å². The van der Waals surface area contributed by atoms with Crippen LogP contribution in [0.5, 0.6) is 0 Å². The molecule has 2 aromatic rings. The van der Waals surface area contributed by atoms with Crippen molar-refractivity contribution >= 4 is 5.69 Å². The fourth-order valence-corrected chi connectivity index (χ4v) is 2.44. The summed E-state index contributed by atoms with van der Waals surface area (Å²) in [5, 5.41) is 0. The number of hydrogen-bond donors (Lipinski definition) is 1. The molecule has 1 aliphatic rings. The van der Waals surface area contributed by atoms with Gasteiger partial charge in [0.15, 0.2) is 0 Å². The Hall–Kier alpha value is -1.77. The molecule has 1 N–H and O–H groups in total. The van der Waals surface area contributed by atoms with Gasteiger partial charge in [0.1, 0.15) is 0 Å². The summed E-state index contributed by atoms with van der Waals surface area (Å²) >= 11 is 0. The average molecular weight is 213 g/mol. The largest absolute Gasteiger partial charge is 0.365 e. The van der Waals surface area contributed by atoms with Crippen molar-refractivity contribution in [2.24, 2.45) is 0 Å². The number of nitrogens with zero attached hydrogens (tertiary/aromatic N) is 2. The SMILES string of the molecule is C[C@@H]1CN(Cc2c[nH]cn2)c2ccccc21. The molecule has 3 nitrogen and oxygen atoms in total. The Morgan fingerprint density at radius 3 is 3.12 bits per heavy atom. The highest BCUT2D eigenvalue weighted by atomic mass is 15.2. The van der Waals surface area contributed by atoms with Crippen molar-refractivity contribution in [2.45, 2.75) is 19.4 Å². The van der Waals surface area contributed by atoms with E-state index in [-0.39, 0.29) is 0 Å². The molecular formula is C13H15N3. The number of imidazole rings is 1. The molecule has 0 amide bonds. The zero-order chi connectivity index (χ0) is 11.0. The second-order valence-corrected chi connectivity index (χ2v) is 4.40. The maximum atomic E-state index is 4.28. The summed E-state index contributed by atoms with van der Waals surface area (Å²) in [4.78, 5) is 9.68. The Bertz CT molecular complexity index is 476. The fourth-order valence-electron chi connectivity index (χ4n) is 2.44. The smallest absolute Gasteiger partial charge is 0.0923 e. The van der Waals surface area contributed by atoms with Gasteiger partial charge in [-0.25, -0.2) is 4.98 Å². The predicted octanol–water partition coefficient (Wildman–Crippen LogP) is 2.53. The molecule has 1 aromatic heterocycles. The molecule has 0 aliphatic carbocycles. The van der Waals surface area contributed by atoms with E-state index in [0.717, 1.165) is 18.8 Å². The van der Waals surface area contributed by atoms with Gasteiger partial charge in [-0.1, -0.05) is 25.1 Å². The zero-order valence-corrected chi connectivity index (χ0v) is 9.35. The molecular weight excluding hydrogens is 198 g/mol. The molecule has 1 atom stereocenters. The van der Waals surface area contributed by atoms with Crippen LogP contribution in [0.1, 0.15) is 24.1 Å². The van der Waals surface area contributed by atoms with Gasteiger partial charge < -0.3 is 9.88 Å². The maximum absolute atomic E-state index is 4.28. The number of aromatic amines is 1. The summed E-state index contributed by atoms with van der Waals surface area (Å²) in [6, 6.07) is 8.65. The number of aromatic nitrogens is 2. The van der Waals surface area contributed by atoms with E-state index in [1.165, 1.54) is 11.3 Å². The molecule has 0 fully saturated rings. The molecule has 16 heavy (non-hydrogen) atoms. The van der Waals surface area contributed by atoms with Crippen LogP contribution >= 0.6 is 0 Å². The van der Waals surface area contributed by atoms with Crippen LogP contribution in [-0.4, -0.2) is 16.5 Å². The molecule has 2 heterocycles. The molecule has 0 saturated heterocycles. The van der Waals surface area contributed by atoms with Crippen LogP contribution < -0.4 is 4.90 Å². The minimum absolute atomic E-state index is 0.621. The summed E-state index contributed by atoms with van der Waals surface area (Å²) in [6.45, 7) is 4.26. The Labute approximate surface area is 95.1 Å². The van der Waals surface area contributed by atoms with Gasteiger partial charge in [-0.2, -0.15) is 0 Å². The van der Waals surface area contributed by atoms with Gasteiger partial charge >= 0.3 is 0 Å². The van der Waals surface area contributed by atoms with Gasteiger partial charge in [0.05, 0.1) is 18.6 Å². The minimum atomic E-state index is 0.621. The number of hydrogen-bond acceptors (Lipinski definition) is 2. The van der Waals surface area contributed by atoms with E-state index in [1.807, 2.05) is 6.20 Å². The predicted molar refractivity (Wildman–Crippen MR) is 64.5 cm³/mol. The highest BCUT2D eigenvalue weighted by Crippen LogP contribution is 2.36. The lowest BCUT2D eigenvalue weighted by Crippen LogP contribution is -2.20. The van der Waals surface area contributed by atoms with E-state index in [1.54, 1.807) is 6.33 Å². The maximum Gasteiger partial charge on any atom is 0.0923 e. The Morgan fingerprint density at radius 1 is 1.44 bits per heavy atom. The summed E-state index contributed by atoms with van der Waals surface area (Å²) < 4.78 is 0. The van der Waals surface area contributed by atoms with Crippen LogP contribution in [0.3, 0.4) is 0 Å². The van der Waals surface area contributed by atoms with Crippen LogP contribution in [0.4, 0.5) is 5.69 Å². The van der Waals surface area contributed by atoms with E-state index in [0.29, 0.717) is 5.92 Å². The lowest BCUT2D eigenvalue weighted by Gasteiger charge is -2.18. The first-order valence-electron chi connectivity index (χ1n) is 5.66. The average Bonchev–Trinajstić information content (AvgIpc) is 2.90. The number of anilines is 1. The monoisotopic (exact) mass is 213 g/mol. The molecule has 0 unspecified atom stereocenters. The first kappa shape index (κ1) is 9.46. The van der Waals surface area contributed by atoms with Crippen molar-refractivity contribution in [3.8, 4) is 0 Å². The molecule has 0 saturated carbocycles. The van der Waals surface area contributed by atoms with Crippen molar-refractivity contribution < 1.29 is 0 Å². The second-order valence-electron chi connectivity index (χ2n) is 4.40. The van der Waals surface area contributed by atoms with Crippen LogP contribution in [-0.2, 0) is 6.54 Å². The Morgan fingerprint density at radius 2 is 2.31 bits per heavy atom. The van der Waals surface area contributed by atoms with Crippen molar-refractivity contribution in [2.75, 3.05) is 11.4 Å². The number of fused-ring (bicyclic) bond motifs is 1. The zero-order valence-electron chi connectivity index (χ0n) is 9.35. The van der Waals surface area contributed by atoms with Crippen LogP contribution in [0.2, 0.25) is 0 Å². The first-order chi connectivity index (χ1) is 7.84. The van der Waals surface area contributed by atoms with Gasteiger partial charge in [-0.05, 0) is 11.6 Å². The molecule has 0 bridgehead atoms. The minimum Gasteiger partial charge on any atom is -0.365 e. The van der Waals surface area contributed by atoms with Crippen molar-refractivity contribution in [3.05, 3.63) is 48.0 Å². The third-order valence-corrected chi connectivity index (χ3v) is 3.21. The molecule has 0 radical (unpaired) electrons. The highest BCUT2D eigenvalue weighted by Gasteiger charge is 2.24. The first-order valence-corrected chi connectivity index (χ1v) is 5.66. The van der Waals surface area contributed by atoms with Crippen molar-refractivity contribution in [3.63, 3.8) is 0 Å². The summed E-state index contributed by atoms with van der Waals surface area (Å²) in [7, 11) is 0.